The molecule has 0 bridgehead atoms. The summed E-state index contributed by atoms with van der Waals surface area (Å²) in [6, 6.07) is 0. The second kappa shape index (κ2) is 0.794. The van der Waals surface area contributed by atoms with Crippen LogP contribution >= 0.6 is 0 Å². The van der Waals surface area contributed by atoms with E-state index in [-0.39, 0.29) is 6.30 Å². The number of hydrogen-bond acceptors (Lipinski definition) is 3. The van der Waals surface area contributed by atoms with Crippen LogP contribution in [0, 0.1) is 0 Å². The Morgan fingerprint density at radius 3 is 3.20 bits per heavy atom. The fourth-order valence-electron chi connectivity index (χ4n) is 0.112. The van der Waals surface area contributed by atoms with Crippen LogP contribution in [-0.4, -0.2) is 20.6 Å². The molecule has 0 aliphatic carbocycles. The van der Waals surface area contributed by atoms with E-state index in [2.05, 4.69) is 20.6 Å². The molecule has 0 spiro atoms. The van der Waals surface area contributed by atoms with Crippen molar-refractivity contribution >= 4 is 0 Å². The third-order valence-electron chi connectivity index (χ3n) is 0.239. The van der Waals surface area contributed by atoms with Crippen molar-refractivity contribution in [1.29, 1.82) is 0 Å². The van der Waals surface area contributed by atoms with Crippen LogP contribution in [0.4, 0.5) is 0 Å². The van der Waals surface area contributed by atoms with E-state index in [0.717, 1.165) is 0 Å². The van der Waals surface area contributed by atoms with E-state index in [1.54, 1.807) is 0 Å². The van der Waals surface area contributed by atoms with Crippen LogP contribution in [0.1, 0.15) is 1.37 Å². The van der Waals surface area contributed by atoms with Crippen molar-refractivity contribution in [3.63, 3.8) is 0 Å². The van der Waals surface area contributed by atoms with E-state index >= 15 is 0 Å². The Hall–Kier alpha value is -0.930. The molecule has 0 fully saturated rings. The SMILES string of the molecule is [2H]c1nn[nH]n1. The quantitative estimate of drug-likeness (QED) is 0.435. The van der Waals surface area contributed by atoms with Crippen LogP contribution < -0.4 is 0 Å². The molecule has 1 heterocycles. The molecular weight excluding hydrogens is 68.0 g/mol. The molecule has 0 atom stereocenters. The predicted molar refractivity (Wildman–Crippen MR) is 14.2 cm³/mol. The maximum absolute atomic E-state index is 6.56. The lowest BCUT2D eigenvalue weighted by atomic mass is 11.4. The van der Waals surface area contributed by atoms with Gasteiger partial charge in [-0.2, -0.15) is 5.21 Å². The number of tetrazole rings is 1. The third-order valence-corrected chi connectivity index (χ3v) is 0.239. The molecule has 0 amide bonds. The van der Waals surface area contributed by atoms with Gasteiger partial charge in [-0.05, 0) is 0 Å². The smallest absolute Gasteiger partial charge is 0.161 e. The second-order valence-electron chi connectivity index (χ2n) is 0.512. The van der Waals surface area contributed by atoms with Crippen molar-refractivity contribution in [2.24, 2.45) is 0 Å². The topological polar surface area (TPSA) is 54.5 Å². The van der Waals surface area contributed by atoms with Crippen LogP contribution in [0.15, 0.2) is 6.30 Å². The van der Waals surface area contributed by atoms with Gasteiger partial charge in [0.25, 0.3) is 0 Å². The molecule has 4 nitrogen and oxygen atoms in total. The number of nitrogens with one attached hydrogen (secondary N) is 1. The van der Waals surface area contributed by atoms with Crippen LogP contribution in [0.25, 0.3) is 0 Å². The van der Waals surface area contributed by atoms with Gasteiger partial charge in [-0.25, -0.2) is 0 Å². The number of aromatic amines is 1. The third kappa shape index (κ3) is 0.212. The standard InChI is InChI=1S/CH2N4/c1-2-4-5-3-1/h1H,(H,2,3,4,5)/i1D. The maximum Gasteiger partial charge on any atom is 0.161 e. The minimum atomic E-state index is -0.0741. The van der Waals surface area contributed by atoms with E-state index in [0.29, 0.717) is 0 Å². The molecule has 26 valence electrons. The zero-order valence-electron chi connectivity index (χ0n) is 3.34. The predicted octanol–water partition coefficient (Wildman–Crippen LogP) is -0.800. The highest BCUT2D eigenvalue weighted by atomic mass is 15.5. The van der Waals surface area contributed by atoms with Gasteiger partial charge in [0.2, 0.25) is 0 Å². The number of rotatable bonds is 0. The van der Waals surface area contributed by atoms with Crippen molar-refractivity contribution in [2.45, 2.75) is 0 Å². The van der Waals surface area contributed by atoms with Gasteiger partial charge in [-0.1, -0.05) is 5.21 Å². The summed E-state index contributed by atoms with van der Waals surface area (Å²) in [7, 11) is 0. The highest BCUT2D eigenvalue weighted by Crippen LogP contribution is 1.43. The van der Waals surface area contributed by atoms with Gasteiger partial charge < -0.3 is 0 Å². The Kier molecular flexibility index (Phi) is 0.237. The van der Waals surface area contributed by atoms with Gasteiger partial charge in [0, 0.05) is 0 Å². The lowest BCUT2D eigenvalue weighted by Crippen LogP contribution is -1.64. The number of nitrogens with zero attached hydrogens (tertiary/aromatic N) is 3. The maximum atomic E-state index is 6.56. The Morgan fingerprint density at radius 1 is 2.00 bits per heavy atom. The van der Waals surface area contributed by atoms with Gasteiger partial charge in [0.05, 0.1) is 0 Å². The summed E-state index contributed by atoms with van der Waals surface area (Å²) in [6.45, 7) is 0. The summed E-state index contributed by atoms with van der Waals surface area (Å²) in [5.74, 6) is 0. The normalized spacial score (nSPS) is 10.8. The zero-order chi connectivity index (χ0) is 4.41. The summed E-state index contributed by atoms with van der Waals surface area (Å²) < 4.78 is 6.56. The van der Waals surface area contributed by atoms with Gasteiger partial charge in [-0.15, -0.1) is 10.2 Å². The number of hydrogen-bond donors (Lipinski definition) is 1. The molecule has 0 aromatic carbocycles. The zero-order valence-corrected chi connectivity index (χ0v) is 2.34. The van der Waals surface area contributed by atoms with Crippen molar-refractivity contribution in [1.82, 2.24) is 20.6 Å². The number of H-pyrrole nitrogens is 1. The average Bonchev–Trinajstić information content (AvgIpc) is 1.86. The van der Waals surface area contributed by atoms with E-state index in [4.69, 9.17) is 1.37 Å². The first-order valence-electron chi connectivity index (χ1n) is 1.59. The molecule has 0 aliphatic rings. The summed E-state index contributed by atoms with van der Waals surface area (Å²) in [5, 5.41) is 11.7. The Labute approximate surface area is 29.6 Å². The fourth-order valence-corrected chi connectivity index (χ4v) is 0.112. The summed E-state index contributed by atoms with van der Waals surface area (Å²) in [5.41, 5.74) is 0. The first-order chi connectivity index (χ1) is 2.89. The Balaban J connectivity index is 3.05. The molecule has 0 unspecified atom stereocenters. The molecule has 1 aromatic heterocycles. The van der Waals surface area contributed by atoms with E-state index in [1.807, 2.05) is 0 Å². The minimum Gasteiger partial charge on any atom is -0.177 e. The van der Waals surface area contributed by atoms with Crippen molar-refractivity contribution in [2.75, 3.05) is 0 Å². The fraction of sp³-hybridized carbons (Fsp3) is 0. The van der Waals surface area contributed by atoms with E-state index in [1.165, 1.54) is 0 Å². The van der Waals surface area contributed by atoms with Gasteiger partial charge in [-0.3, -0.25) is 0 Å². The lowest BCUT2D eigenvalue weighted by molar-refractivity contribution is 0.881. The van der Waals surface area contributed by atoms with Gasteiger partial charge >= 0.3 is 0 Å². The largest absolute Gasteiger partial charge is 0.177 e. The molecule has 1 rings (SSSR count). The molecule has 5 heavy (non-hydrogen) atoms. The van der Waals surface area contributed by atoms with Crippen molar-refractivity contribution in [3.05, 3.63) is 6.30 Å². The van der Waals surface area contributed by atoms with Crippen LogP contribution in [-0.2, 0) is 0 Å². The first-order valence-corrected chi connectivity index (χ1v) is 1.09. The van der Waals surface area contributed by atoms with Crippen LogP contribution in [0.5, 0.6) is 0 Å². The van der Waals surface area contributed by atoms with Crippen molar-refractivity contribution in [3.8, 4) is 0 Å². The minimum absolute atomic E-state index is 0.0741. The molecule has 0 radical (unpaired) electrons. The lowest BCUT2D eigenvalue weighted by Gasteiger charge is -1.44. The summed E-state index contributed by atoms with van der Waals surface area (Å²) >= 11 is 0. The molecular formula is CH2N4. The Bertz CT molecular complexity index is 111. The highest BCUT2D eigenvalue weighted by Gasteiger charge is 1.58. The van der Waals surface area contributed by atoms with Gasteiger partial charge in [0.15, 0.2) is 6.30 Å². The second-order valence-corrected chi connectivity index (χ2v) is 0.512. The molecule has 1 N–H and O–H groups in total. The summed E-state index contributed by atoms with van der Waals surface area (Å²) in [4.78, 5) is 0. The molecule has 0 aliphatic heterocycles. The van der Waals surface area contributed by atoms with Crippen LogP contribution in [0.3, 0.4) is 0 Å². The van der Waals surface area contributed by atoms with Crippen molar-refractivity contribution < 1.29 is 1.37 Å². The molecule has 0 saturated heterocycles. The van der Waals surface area contributed by atoms with Gasteiger partial charge in [0.1, 0.15) is 1.37 Å². The average molecular weight is 71.1 g/mol. The molecule has 0 saturated carbocycles. The van der Waals surface area contributed by atoms with E-state index in [9.17, 15) is 0 Å². The van der Waals surface area contributed by atoms with Crippen LogP contribution in [0.2, 0.25) is 0 Å². The molecule has 1 aromatic rings. The first kappa shape index (κ1) is 1.49. The highest BCUT2D eigenvalue weighted by molar-refractivity contribution is 4.24. The summed E-state index contributed by atoms with van der Waals surface area (Å²) in [6.07, 6.45) is -0.0741. The Morgan fingerprint density at radius 2 is 3.00 bits per heavy atom. The monoisotopic (exact) mass is 71.0 g/mol. The number of aromatic nitrogens is 4. The van der Waals surface area contributed by atoms with E-state index < -0.39 is 0 Å². The molecule has 4 heteroatoms.